The van der Waals surface area contributed by atoms with Crippen LogP contribution in [0.2, 0.25) is 5.02 Å². The SMILES string of the molecule is C[NH+]1CCN(NC(=O)CSCC(=O)Nc2ccc(Cl)cc2)CC1. The number of hydrogen-bond acceptors (Lipinski definition) is 4. The third kappa shape index (κ3) is 6.78. The van der Waals surface area contributed by atoms with Crippen LogP contribution < -0.4 is 15.6 Å². The molecule has 8 heteroatoms. The van der Waals surface area contributed by atoms with E-state index in [0.29, 0.717) is 10.7 Å². The Hall–Kier alpha value is -1.28. The van der Waals surface area contributed by atoms with Gasteiger partial charge in [0, 0.05) is 10.7 Å². The second kappa shape index (κ2) is 9.12. The Bertz CT molecular complexity index is 533. The summed E-state index contributed by atoms with van der Waals surface area (Å²) in [4.78, 5) is 25.1. The highest BCUT2D eigenvalue weighted by atomic mass is 35.5. The summed E-state index contributed by atoms with van der Waals surface area (Å²) in [6.07, 6.45) is 0. The normalized spacial score (nSPS) is 16.1. The van der Waals surface area contributed by atoms with E-state index in [9.17, 15) is 9.59 Å². The van der Waals surface area contributed by atoms with Gasteiger partial charge in [0.25, 0.3) is 0 Å². The van der Waals surface area contributed by atoms with Crippen molar-refractivity contribution in [1.82, 2.24) is 10.4 Å². The van der Waals surface area contributed by atoms with E-state index < -0.39 is 0 Å². The maximum absolute atomic E-state index is 11.8. The summed E-state index contributed by atoms with van der Waals surface area (Å²) in [5, 5.41) is 5.34. The lowest BCUT2D eigenvalue weighted by molar-refractivity contribution is -0.884. The fourth-order valence-electron chi connectivity index (χ4n) is 2.18. The van der Waals surface area contributed by atoms with Crippen LogP contribution in [0.1, 0.15) is 0 Å². The monoisotopic (exact) mass is 357 g/mol. The summed E-state index contributed by atoms with van der Waals surface area (Å²) in [6.45, 7) is 3.77. The molecule has 6 nitrogen and oxygen atoms in total. The van der Waals surface area contributed by atoms with Gasteiger partial charge in [-0.25, -0.2) is 5.01 Å². The zero-order chi connectivity index (χ0) is 16.7. The number of carbonyl (C=O) groups excluding carboxylic acids is 2. The number of quaternary nitrogens is 1. The van der Waals surface area contributed by atoms with Crippen molar-refractivity contribution in [3.8, 4) is 0 Å². The highest BCUT2D eigenvalue weighted by Crippen LogP contribution is 2.13. The highest BCUT2D eigenvalue weighted by Gasteiger charge is 2.18. The molecule has 0 saturated carbocycles. The van der Waals surface area contributed by atoms with Crippen LogP contribution >= 0.6 is 23.4 Å². The molecule has 0 bridgehead atoms. The van der Waals surface area contributed by atoms with Crippen LogP contribution in [-0.4, -0.2) is 61.6 Å². The smallest absolute Gasteiger partial charge is 0.244 e. The molecule has 1 heterocycles. The van der Waals surface area contributed by atoms with Crippen LogP contribution in [0.4, 0.5) is 5.69 Å². The molecule has 2 rings (SSSR count). The Morgan fingerprint density at radius 1 is 1.17 bits per heavy atom. The van der Waals surface area contributed by atoms with E-state index in [1.807, 2.05) is 5.01 Å². The first-order valence-electron chi connectivity index (χ1n) is 7.52. The van der Waals surface area contributed by atoms with Crippen molar-refractivity contribution < 1.29 is 14.5 Å². The molecule has 1 aliphatic heterocycles. The highest BCUT2D eigenvalue weighted by molar-refractivity contribution is 8.00. The summed E-state index contributed by atoms with van der Waals surface area (Å²) >= 11 is 7.09. The first kappa shape index (κ1) is 18.1. The molecule has 1 aliphatic rings. The fraction of sp³-hybridized carbons (Fsp3) is 0.467. The molecular formula is C15H22ClN4O2S+. The van der Waals surface area contributed by atoms with Gasteiger partial charge in [-0.05, 0) is 24.3 Å². The predicted molar refractivity (Wildman–Crippen MR) is 93.7 cm³/mol. The predicted octanol–water partition coefficient (Wildman–Crippen LogP) is -0.127. The number of hydrazine groups is 1. The molecule has 126 valence electrons. The summed E-state index contributed by atoms with van der Waals surface area (Å²) in [6, 6.07) is 6.92. The van der Waals surface area contributed by atoms with Crippen molar-refractivity contribution in [2.45, 2.75) is 0 Å². The van der Waals surface area contributed by atoms with E-state index in [0.717, 1.165) is 26.2 Å². The lowest BCUT2D eigenvalue weighted by Crippen LogP contribution is -3.12. The van der Waals surface area contributed by atoms with Gasteiger partial charge in [0.05, 0.1) is 44.7 Å². The molecule has 1 aromatic carbocycles. The number of anilines is 1. The van der Waals surface area contributed by atoms with Crippen molar-refractivity contribution in [1.29, 1.82) is 0 Å². The average Bonchev–Trinajstić information content (AvgIpc) is 2.52. The number of benzene rings is 1. The minimum Gasteiger partial charge on any atom is -0.335 e. The Labute approximate surface area is 145 Å². The number of carbonyl (C=O) groups is 2. The van der Waals surface area contributed by atoms with Gasteiger partial charge in [-0.2, -0.15) is 0 Å². The maximum atomic E-state index is 11.8. The number of piperazine rings is 1. The van der Waals surface area contributed by atoms with Crippen molar-refractivity contribution in [3.05, 3.63) is 29.3 Å². The molecule has 23 heavy (non-hydrogen) atoms. The molecule has 1 saturated heterocycles. The summed E-state index contributed by atoms with van der Waals surface area (Å²) in [5.41, 5.74) is 3.58. The van der Waals surface area contributed by atoms with Crippen molar-refractivity contribution in [3.63, 3.8) is 0 Å². The quantitative estimate of drug-likeness (QED) is 0.664. The zero-order valence-electron chi connectivity index (χ0n) is 13.1. The van der Waals surface area contributed by atoms with Crippen LogP contribution in [0.5, 0.6) is 0 Å². The molecule has 0 spiro atoms. The lowest BCUT2D eigenvalue weighted by atomic mass is 10.3. The number of nitrogens with zero attached hydrogens (tertiary/aromatic N) is 1. The third-order valence-electron chi connectivity index (χ3n) is 3.49. The first-order valence-corrected chi connectivity index (χ1v) is 9.05. The van der Waals surface area contributed by atoms with Gasteiger partial charge in [0.2, 0.25) is 11.8 Å². The molecule has 3 N–H and O–H groups in total. The molecule has 0 atom stereocenters. The van der Waals surface area contributed by atoms with Gasteiger partial charge in [-0.1, -0.05) is 11.6 Å². The Balaban J connectivity index is 1.61. The molecule has 0 unspecified atom stereocenters. The summed E-state index contributed by atoms with van der Waals surface area (Å²) in [7, 11) is 2.15. The molecule has 0 radical (unpaired) electrons. The number of amides is 2. The second-order valence-corrected chi connectivity index (χ2v) is 6.95. The van der Waals surface area contributed by atoms with Gasteiger partial charge in [-0.15, -0.1) is 11.8 Å². The topological polar surface area (TPSA) is 65.9 Å². The number of hydrogen-bond donors (Lipinski definition) is 3. The summed E-state index contributed by atoms with van der Waals surface area (Å²) < 4.78 is 0. The van der Waals surface area contributed by atoms with E-state index in [2.05, 4.69) is 17.8 Å². The minimum atomic E-state index is -0.131. The van der Waals surface area contributed by atoms with Gasteiger partial charge in [-0.3, -0.25) is 15.0 Å². The maximum Gasteiger partial charge on any atom is 0.244 e. The van der Waals surface area contributed by atoms with Gasteiger partial charge >= 0.3 is 0 Å². The van der Waals surface area contributed by atoms with Crippen LogP contribution in [0.25, 0.3) is 0 Å². The van der Waals surface area contributed by atoms with E-state index in [-0.39, 0.29) is 23.3 Å². The summed E-state index contributed by atoms with van der Waals surface area (Å²) in [5.74, 6) is 0.318. The number of nitrogens with one attached hydrogen (secondary N) is 3. The Morgan fingerprint density at radius 2 is 1.78 bits per heavy atom. The van der Waals surface area contributed by atoms with E-state index in [4.69, 9.17) is 11.6 Å². The zero-order valence-corrected chi connectivity index (χ0v) is 14.7. The van der Waals surface area contributed by atoms with Crippen LogP contribution in [0.15, 0.2) is 24.3 Å². The number of halogens is 1. The molecule has 1 fully saturated rings. The number of likely N-dealkylation sites (N-methyl/N-ethyl adjacent to an activating group) is 1. The van der Waals surface area contributed by atoms with E-state index >= 15 is 0 Å². The standard InChI is InChI=1S/C15H21ClN4O2S/c1-19-6-8-20(9-7-19)18-15(22)11-23-10-14(21)17-13-4-2-12(16)3-5-13/h2-5H,6-11H2,1H3,(H,17,21)(H,18,22)/p+1. The largest absolute Gasteiger partial charge is 0.335 e. The third-order valence-corrected chi connectivity index (χ3v) is 4.68. The minimum absolute atomic E-state index is 0.0613. The number of thioether (sulfide) groups is 1. The average molecular weight is 358 g/mol. The van der Waals surface area contributed by atoms with Gasteiger partial charge in [0.1, 0.15) is 0 Å². The van der Waals surface area contributed by atoms with E-state index in [1.165, 1.54) is 16.7 Å². The molecule has 0 aliphatic carbocycles. The Kier molecular flexibility index (Phi) is 7.16. The molecule has 0 aromatic heterocycles. The van der Waals surface area contributed by atoms with Crippen molar-refractivity contribution >= 4 is 40.9 Å². The lowest BCUT2D eigenvalue weighted by Gasteiger charge is -2.30. The second-order valence-electron chi connectivity index (χ2n) is 5.53. The molecule has 2 amide bonds. The number of rotatable bonds is 6. The van der Waals surface area contributed by atoms with Crippen molar-refractivity contribution in [2.24, 2.45) is 0 Å². The van der Waals surface area contributed by atoms with Crippen LogP contribution in [0, 0.1) is 0 Å². The Morgan fingerprint density at radius 3 is 2.43 bits per heavy atom. The first-order chi connectivity index (χ1) is 11.0. The fourth-order valence-corrected chi connectivity index (χ4v) is 2.91. The van der Waals surface area contributed by atoms with Crippen LogP contribution in [-0.2, 0) is 9.59 Å². The van der Waals surface area contributed by atoms with Crippen LogP contribution in [0.3, 0.4) is 0 Å². The molecular weight excluding hydrogens is 336 g/mol. The van der Waals surface area contributed by atoms with E-state index in [1.54, 1.807) is 24.3 Å². The molecule has 1 aromatic rings. The van der Waals surface area contributed by atoms with Gasteiger partial charge < -0.3 is 10.2 Å². The van der Waals surface area contributed by atoms with Crippen molar-refractivity contribution in [2.75, 3.05) is 50.0 Å². The van der Waals surface area contributed by atoms with Gasteiger partial charge in [0.15, 0.2) is 0 Å².